The molecule has 5 nitrogen and oxygen atoms in total. The summed E-state index contributed by atoms with van der Waals surface area (Å²) in [5.74, 6) is 1.84. The van der Waals surface area contributed by atoms with E-state index in [0.29, 0.717) is 17.5 Å². The summed E-state index contributed by atoms with van der Waals surface area (Å²) in [5, 5.41) is 9.49. The lowest BCUT2D eigenvalue weighted by Gasteiger charge is -2.14. The molecule has 13 rings (SSSR count). The van der Waals surface area contributed by atoms with Crippen LogP contribution in [0, 0.1) is 0 Å². The number of aromatic nitrogens is 4. The van der Waals surface area contributed by atoms with Crippen LogP contribution in [0.1, 0.15) is 0 Å². The number of nitrogens with zero attached hydrogens (tertiary/aromatic N) is 4. The van der Waals surface area contributed by atoms with Crippen LogP contribution in [0.25, 0.3) is 127 Å². The van der Waals surface area contributed by atoms with Crippen molar-refractivity contribution in [1.82, 2.24) is 19.5 Å². The van der Waals surface area contributed by atoms with Gasteiger partial charge in [-0.1, -0.05) is 164 Å². The molecule has 0 amide bonds. The molecule has 0 saturated heterocycles. The number of hydrogen-bond acceptors (Lipinski definition) is 4. The van der Waals surface area contributed by atoms with Crippen molar-refractivity contribution in [2.75, 3.05) is 0 Å². The number of rotatable bonds is 6. The zero-order chi connectivity index (χ0) is 40.7. The molecule has 0 unspecified atom stereocenters. The van der Waals surface area contributed by atoms with Gasteiger partial charge in [0.25, 0.3) is 0 Å². The first kappa shape index (κ1) is 34.5. The number of furan rings is 1. The van der Waals surface area contributed by atoms with Gasteiger partial charge in [-0.2, -0.15) is 0 Å². The van der Waals surface area contributed by atoms with E-state index < -0.39 is 0 Å². The van der Waals surface area contributed by atoms with Crippen molar-refractivity contribution in [3.05, 3.63) is 206 Å². The van der Waals surface area contributed by atoms with E-state index in [-0.39, 0.29) is 0 Å². The lowest BCUT2D eigenvalue weighted by Crippen LogP contribution is -2.00. The van der Waals surface area contributed by atoms with E-state index in [1.54, 1.807) is 0 Å². The molecule has 5 heteroatoms. The Kier molecular flexibility index (Phi) is 7.54. The van der Waals surface area contributed by atoms with Crippen LogP contribution < -0.4 is 0 Å². The summed E-state index contributed by atoms with van der Waals surface area (Å²) in [6.07, 6.45) is 0. The van der Waals surface area contributed by atoms with Gasteiger partial charge in [0, 0.05) is 49.3 Å². The maximum absolute atomic E-state index is 6.60. The third-order valence-corrected chi connectivity index (χ3v) is 12.4. The zero-order valence-electron chi connectivity index (χ0n) is 33.3. The van der Waals surface area contributed by atoms with Gasteiger partial charge in [-0.3, -0.25) is 0 Å². The van der Waals surface area contributed by atoms with E-state index in [9.17, 15) is 0 Å². The number of hydrogen-bond donors (Lipinski definition) is 0. The topological polar surface area (TPSA) is 56.7 Å². The molecule has 10 aromatic carbocycles. The molecular formula is C57H34N4O. The highest BCUT2D eigenvalue weighted by Crippen LogP contribution is 2.48. The van der Waals surface area contributed by atoms with E-state index in [0.717, 1.165) is 49.9 Å². The van der Waals surface area contributed by atoms with Crippen LogP contribution in [0.2, 0.25) is 0 Å². The summed E-state index contributed by atoms with van der Waals surface area (Å²) in [4.78, 5) is 15.2. The molecule has 3 aromatic heterocycles. The predicted octanol–water partition coefficient (Wildman–Crippen LogP) is 14.9. The van der Waals surface area contributed by atoms with Gasteiger partial charge in [-0.05, 0) is 80.9 Å². The van der Waals surface area contributed by atoms with Crippen molar-refractivity contribution in [1.29, 1.82) is 0 Å². The van der Waals surface area contributed by atoms with Gasteiger partial charge in [-0.15, -0.1) is 0 Å². The normalized spacial score (nSPS) is 11.9. The SMILES string of the molecule is c1ccc(-c2cccc(-n3c4cccc5c6ccccc6c6c(-c7ccc8oc9cccc(-c%10nc(-c%11ccccc%11)nc(-c%11ccccc%11)n%10)c9c8c7)ccc3c6c54)c2)cc1. The first-order valence-electron chi connectivity index (χ1n) is 20.9. The fourth-order valence-electron chi connectivity index (χ4n) is 9.67. The minimum atomic E-state index is 0.596. The van der Waals surface area contributed by atoms with E-state index >= 15 is 0 Å². The quantitative estimate of drug-likeness (QED) is 0.157. The van der Waals surface area contributed by atoms with E-state index in [1.807, 2.05) is 72.8 Å². The standard InChI is InChI=1S/C57H34N4O/c1-4-15-35(16-5-1)38-21-12-22-40(33-38)61-47-27-13-25-44-42-23-10-11-24-43(42)52-41(30-31-48(61)54(52)53(44)47)39-29-32-49-46(34-39)51-45(26-14-28-50(51)62-49)57-59-55(36-17-6-2-7-18-36)58-56(60-57)37-19-8-3-9-20-37/h1-34H. The third-order valence-electron chi connectivity index (χ3n) is 12.4. The van der Waals surface area contributed by atoms with Gasteiger partial charge < -0.3 is 8.98 Å². The van der Waals surface area contributed by atoms with Crippen LogP contribution in [0.5, 0.6) is 0 Å². The van der Waals surface area contributed by atoms with Gasteiger partial charge in [-0.25, -0.2) is 15.0 Å². The summed E-state index contributed by atoms with van der Waals surface area (Å²) < 4.78 is 9.05. The molecule has 0 atom stereocenters. The van der Waals surface area contributed by atoms with Crippen LogP contribution >= 0.6 is 0 Å². The van der Waals surface area contributed by atoms with Crippen molar-refractivity contribution in [3.63, 3.8) is 0 Å². The van der Waals surface area contributed by atoms with Crippen LogP contribution in [0.15, 0.2) is 211 Å². The summed E-state index contributed by atoms with van der Waals surface area (Å²) in [6, 6.07) is 72.7. The van der Waals surface area contributed by atoms with Crippen molar-refractivity contribution in [2.45, 2.75) is 0 Å². The monoisotopic (exact) mass is 790 g/mol. The van der Waals surface area contributed by atoms with Gasteiger partial charge in [0.2, 0.25) is 0 Å². The summed E-state index contributed by atoms with van der Waals surface area (Å²) in [7, 11) is 0. The van der Waals surface area contributed by atoms with Crippen LogP contribution in [-0.4, -0.2) is 19.5 Å². The van der Waals surface area contributed by atoms with Crippen LogP contribution in [0.3, 0.4) is 0 Å². The van der Waals surface area contributed by atoms with Gasteiger partial charge in [0.05, 0.1) is 11.0 Å². The molecule has 0 fully saturated rings. The molecule has 3 heterocycles. The van der Waals surface area contributed by atoms with E-state index in [2.05, 4.69) is 138 Å². The largest absolute Gasteiger partial charge is 0.456 e. The molecule has 0 N–H and O–H groups in total. The maximum Gasteiger partial charge on any atom is 0.164 e. The lowest BCUT2D eigenvalue weighted by molar-refractivity contribution is 0.669. The van der Waals surface area contributed by atoms with Gasteiger partial charge in [0.15, 0.2) is 17.5 Å². The molecule has 0 aliphatic rings. The third kappa shape index (κ3) is 5.25. The Labute approximate surface area is 356 Å². The Morgan fingerprint density at radius 2 is 0.903 bits per heavy atom. The fourth-order valence-corrected chi connectivity index (χ4v) is 9.67. The highest BCUT2D eigenvalue weighted by Gasteiger charge is 2.24. The molecule has 0 radical (unpaired) electrons. The van der Waals surface area contributed by atoms with Crippen LogP contribution in [-0.2, 0) is 0 Å². The minimum absolute atomic E-state index is 0.596. The lowest BCUT2D eigenvalue weighted by atomic mass is 9.89. The molecule has 0 aliphatic carbocycles. The number of benzene rings is 10. The second-order valence-electron chi connectivity index (χ2n) is 15.9. The molecule has 0 bridgehead atoms. The average molecular weight is 791 g/mol. The maximum atomic E-state index is 6.60. The smallest absolute Gasteiger partial charge is 0.164 e. The fraction of sp³-hybridized carbons (Fsp3) is 0. The number of fused-ring (bicyclic) bond motifs is 6. The van der Waals surface area contributed by atoms with Crippen molar-refractivity contribution >= 4 is 65.3 Å². The molecule has 0 aliphatic heterocycles. The second kappa shape index (κ2) is 13.6. The van der Waals surface area contributed by atoms with Crippen molar-refractivity contribution < 1.29 is 4.42 Å². The van der Waals surface area contributed by atoms with Gasteiger partial charge >= 0.3 is 0 Å². The van der Waals surface area contributed by atoms with Crippen LogP contribution in [0.4, 0.5) is 0 Å². The summed E-state index contributed by atoms with van der Waals surface area (Å²) in [6.45, 7) is 0. The Morgan fingerprint density at radius 3 is 1.66 bits per heavy atom. The highest BCUT2D eigenvalue weighted by molar-refractivity contribution is 6.36. The Hall–Kier alpha value is -8.41. The molecular weight excluding hydrogens is 757 g/mol. The Morgan fingerprint density at radius 1 is 0.306 bits per heavy atom. The highest BCUT2D eigenvalue weighted by atomic mass is 16.3. The molecule has 13 aromatic rings. The Bertz CT molecular complexity index is 3790. The van der Waals surface area contributed by atoms with E-state index in [1.165, 1.54) is 60.0 Å². The molecule has 0 spiro atoms. The molecule has 62 heavy (non-hydrogen) atoms. The first-order valence-corrected chi connectivity index (χ1v) is 20.9. The molecule has 288 valence electrons. The first-order chi connectivity index (χ1) is 30.7. The van der Waals surface area contributed by atoms with Crippen molar-refractivity contribution in [3.8, 4) is 62.1 Å². The minimum Gasteiger partial charge on any atom is -0.456 e. The van der Waals surface area contributed by atoms with Crippen molar-refractivity contribution in [2.24, 2.45) is 0 Å². The van der Waals surface area contributed by atoms with Gasteiger partial charge in [0.1, 0.15) is 11.2 Å². The Balaban J connectivity index is 1.05. The summed E-state index contributed by atoms with van der Waals surface area (Å²) in [5.41, 5.74) is 12.5. The molecule has 0 saturated carbocycles. The average Bonchev–Trinajstić information content (AvgIpc) is 3.90. The zero-order valence-corrected chi connectivity index (χ0v) is 33.3. The predicted molar refractivity (Wildman–Crippen MR) is 255 cm³/mol. The summed E-state index contributed by atoms with van der Waals surface area (Å²) >= 11 is 0. The second-order valence-corrected chi connectivity index (χ2v) is 15.9. The van der Waals surface area contributed by atoms with E-state index in [4.69, 9.17) is 19.4 Å².